The standard InChI is InChI=1S/C25H26O13/c1-8(2)15-6-12(29)17-10(27)5-11(28)18(22(17)36-15)23-24(21(34)20(33)16(7-26)37-23)38-25(35)9-3-13(30)19(32)14(31)4-9/h3-6,8,16,20-21,23-24,26-28,30-34H,7H2,1-2H3. The highest BCUT2D eigenvalue weighted by molar-refractivity contribution is 5.91. The van der Waals surface area contributed by atoms with Crippen LogP contribution in [0, 0.1) is 0 Å². The molecular weight excluding hydrogens is 508 g/mol. The van der Waals surface area contributed by atoms with Gasteiger partial charge in [-0.3, -0.25) is 4.79 Å². The van der Waals surface area contributed by atoms with Gasteiger partial charge in [0.2, 0.25) is 0 Å². The fourth-order valence-electron chi connectivity index (χ4n) is 4.27. The first-order valence-corrected chi connectivity index (χ1v) is 11.5. The van der Waals surface area contributed by atoms with Gasteiger partial charge in [-0.05, 0) is 12.1 Å². The second-order valence-corrected chi connectivity index (χ2v) is 9.19. The maximum absolute atomic E-state index is 12.9. The van der Waals surface area contributed by atoms with Crippen molar-refractivity contribution in [3.63, 3.8) is 0 Å². The predicted molar refractivity (Wildman–Crippen MR) is 127 cm³/mol. The zero-order chi connectivity index (χ0) is 28.0. The minimum atomic E-state index is -1.92. The number of esters is 1. The summed E-state index contributed by atoms with van der Waals surface area (Å²) < 4.78 is 16.9. The van der Waals surface area contributed by atoms with E-state index in [1.807, 2.05) is 0 Å². The van der Waals surface area contributed by atoms with E-state index >= 15 is 0 Å². The smallest absolute Gasteiger partial charge is 0.338 e. The fraction of sp³-hybridized carbons (Fsp3) is 0.360. The van der Waals surface area contributed by atoms with Crippen molar-refractivity contribution in [2.75, 3.05) is 6.61 Å². The molecule has 0 saturated carbocycles. The predicted octanol–water partition coefficient (Wildman–Crippen LogP) is 0.824. The Morgan fingerprint density at radius 2 is 1.58 bits per heavy atom. The van der Waals surface area contributed by atoms with Gasteiger partial charge in [0.15, 0.2) is 34.4 Å². The molecule has 13 heteroatoms. The van der Waals surface area contributed by atoms with Crippen molar-refractivity contribution in [2.45, 2.75) is 50.3 Å². The highest BCUT2D eigenvalue weighted by atomic mass is 16.6. The zero-order valence-electron chi connectivity index (χ0n) is 20.1. The summed E-state index contributed by atoms with van der Waals surface area (Å²) in [4.78, 5) is 25.7. The Bertz CT molecular complexity index is 1420. The highest BCUT2D eigenvalue weighted by Crippen LogP contribution is 2.45. The number of hydrogen-bond donors (Lipinski definition) is 8. The van der Waals surface area contributed by atoms with Gasteiger partial charge in [-0.15, -0.1) is 0 Å². The van der Waals surface area contributed by atoms with Crippen molar-refractivity contribution in [1.29, 1.82) is 0 Å². The van der Waals surface area contributed by atoms with Gasteiger partial charge in [0, 0.05) is 18.1 Å². The third kappa shape index (κ3) is 4.56. The van der Waals surface area contributed by atoms with Crippen LogP contribution < -0.4 is 5.43 Å². The SMILES string of the molecule is CC(C)c1cc(=O)c2c(O)cc(O)c(C3OC(CO)C(O)C(O)C3OC(=O)c3cc(O)c(O)c(O)c3)c2o1. The Morgan fingerprint density at radius 1 is 0.947 bits per heavy atom. The maximum atomic E-state index is 12.9. The number of hydrogen-bond acceptors (Lipinski definition) is 13. The lowest BCUT2D eigenvalue weighted by atomic mass is 9.89. The molecule has 0 aliphatic carbocycles. The zero-order valence-corrected chi connectivity index (χ0v) is 20.1. The summed E-state index contributed by atoms with van der Waals surface area (Å²) in [6.45, 7) is 2.64. The topological polar surface area (TPSA) is 228 Å². The lowest BCUT2D eigenvalue weighted by molar-refractivity contribution is -0.231. The summed E-state index contributed by atoms with van der Waals surface area (Å²) in [5.41, 5.74) is -1.79. The lowest BCUT2D eigenvalue weighted by Gasteiger charge is -2.42. The molecule has 2 heterocycles. The van der Waals surface area contributed by atoms with Crippen molar-refractivity contribution in [3.8, 4) is 28.7 Å². The summed E-state index contributed by atoms with van der Waals surface area (Å²) in [6.07, 6.45) is -8.61. The number of fused-ring (bicyclic) bond motifs is 1. The van der Waals surface area contributed by atoms with Gasteiger partial charge in [0.25, 0.3) is 0 Å². The van der Waals surface area contributed by atoms with Crippen LogP contribution in [0.5, 0.6) is 28.7 Å². The number of ether oxygens (including phenoxy) is 2. The number of carbonyl (C=O) groups is 1. The van der Waals surface area contributed by atoms with Crippen LogP contribution in [0.2, 0.25) is 0 Å². The molecule has 13 nitrogen and oxygen atoms in total. The minimum Gasteiger partial charge on any atom is -0.507 e. The molecule has 4 rings (SSSR count). The molecule has 1 fully saturated rings. The van der Waals surface area contributed by atoms with Crippen molar-refractivity contribution in [2.24, 2.45) is 0 Å². The van der Waals surface area contributed by atoms with Gasteiger partial charge < -0.3 is 54.7 Å². The van der Waals surface area contributed by atoms with Crippen molar-refractivity contribution < 1.29 is 59.5 Å². The van der Waals surface area contributed by atoms with E-state index in [4.69, 9.17) is 13.9 Å². The summed E-state index contributed by atoms with van der Waals surface area (Å²) in [7, 11) is 0. The summed E-state index contributed by atoms with van der Waals surface area (Å²) in [6, 6.07) is 3.53. The minimum absolute atomic E-state index is 0.174. The molecule has 2 aromatic carbocycles. The quantitative estimate of drug-likeness (QED) is 0.168. The molecule has 1 saturated heterocycles. The molecular formula is C25H26O13. The van der Waals surface area contributed by atoms with Crippen LogP contribution in [0.4, 0.5) is 0 Å². The molecule has 1 aliphatic heterocycles. The molecule has 8 N–H and O–H groups in total. The van der Waals surface area contributed by atoms with Gasteiger partial charge in [0.1, 0.15) is 47.1 Å². The molecule has 0 amide bonds. The van der Waals surface area contributed by atoms with Crippen LogP contribution >= 0.6 is 0 Å². The van der Waals surface area contributed by atoms with Gasteiger partial charge in [-0.1, -0.05) is 13.8 Å². The third-order valence-corrected chi connectivity index (χ3v) is 6.29. The van der Waals surface area contributed by atoms with E-state index in [1.54, 1.807) is 13.8 Å². The monoisotopic (exact) mass is 534 g/mol. The van der Waals surface area contributed by atoms with Gasteiger partial charge in [-0.2, -0.15) is 0 Å². The number of carbonyl (C=O) groups excluding carboxylic acids is 1. The number of benzene rings is 2. The molecule has 5 unspecified atom stereocenters. The Labute approximate surface area is 214 Å². The molecule has 0 bridgehead atoms. The van der Waals surface area contributed by atoms with E-state index in [-0.39, 0.29) is 28.2 Å². The molecule has 1 aliphatic rings. The number of rotatable bonds is 5. The summed E-state index contributed by atoms with van der Waals surface area (Å²) >= 11 is 0. The van der Waals surface area contributed by atoms with Crippen LogP contribution in [0.1, 0.15) is 47.6 Å². The molecule has 38 heavy (non-hydrogen) atoms. The number of aromatic hydroxyl groups is 5. The van der Waals surface area contributed by atoms with E-state index in [0.717, 1.165) is 24.3 Å². The average molecular weight is 534 g/mol. The molecule has 0 spiro atoms. The summed E-state index contributed by atoms with van der Waals surface area (Å²) in [5, 5.41) is 80.9. The second-order valence-electron chi connectivity index (χ2n) is 9.19. The van der Waals surface area contributed by atoms with Crippen molar-refractivity contribution in [3.05, 3.63) is 51.4 Å². The first kappa shape index (κ1) is 27.0. The molecule has 1 aromatic heterocycles. The Morgan fingerprint density at radius 3 is 2.16 bits per heavy atom. The Hall–Kier alpha value is -4.04. The average Bonchev–Trinajstić information content (AvgIpc) is 2.85. The van der Waals surface area contributed by atoms with Crippen LogP contribution in [-0.4, -0.2) is 77.8 Å². The molecule has 5 atom stereocenters. The van der Waals surface area contributed by atoms with Crippen LogP contribution in [-0.2, 0) is 9.47 Å². The van der Waals surface area contributed by atoms with E-state index in [9.17, 15) is 50.4 Å². The number of aliphatic hydroxyl groups excluding tert-OH is 3. The van der Waals surface area contributed by atoms with Crippen molar-refractivity contribution in [1.82, 2.24) is 0 Å². The van der Waals surface area contributed by atoms with Gasteiger partial charge in [-0.25, -0.2) is 4.79 Å². The molecule has 0 radical (unpaired) electrons. The van der Waals surface area contributed by atoms with E-state index < -0.39 is 82.8 Å². The second kappa shape index (κ2) is 10.0. The lowest BCUT2D eigenvalue weighted by Crippen LogP contribution is -2.56. The number of phenolic OH excluding ortho intramolecular Hbond substituents is 5. The normalized spacial score (nSPS) is 23.6. The number of aliphatic hydroxyl groups is 3. The first-order chi connectivity index (χ1) is 17.8. The number of phenols is 5. The fourth-order valence-corrected chi connectivity index (χ4v) is 4.27. The van der Waals surface area contributed by atoms with Gasteiger partial charge >= 0.3 is 5.97 Å². The Kier molecular flexibility index (Phi) is 7.12. The summed E-state index contributed by atoms with van der Waals surface area (Å²) in [5.74, 6) is -5.27. The van der Waals surface area contributed by atoms with Gasteiger partial charge in [0.05, 0.1) is 17.7 Å². The largest absolute Gasteiger partial charge is 0.507 e. The van der Waals surface area contributed by atoms with Crippen LogP contribution in [0.25, 0.3) is 11.0 Å². The van der Waals surface area contributed by atoms with Crippen molar-refractivity contribution >= 4 is 16.9 Å². The van der Waals surface area contributed by atoms with E-state index in [1.165, 1.54) is 0 Å². The molecule has 204 valence electrons. The first-order valence-electron chi connectivity index (χ1n) is 11.5. The van der Waals surface area contributed by atoms with E-state index in [2.05, 4.69) is 0 Å². The van der Waals surface area contributed by atoms with Crippen LogP contribution in [0.3, 0.4) is 0 Å². The third-order valence-electron chi connectivity index (χ3n) is 6.29. The Balaban J connectivity index is 1.89. The molecule has 3 aromatic rings. The van der Waals surface area contributed by atoms with E-state index in [0.29, 0.717) is 0 Å². The van der Waals surface area contributed by atoms with Crippen LogP contribution in [0.15, 0.2) is 33.5 Å². The maximum Gasteiger partial charge on any atom is 0.338 e. The highest BCUT2D eigenvalue weighted by Gasteiger charge is 2.49.